The van der Waals surface area contributed by atoms with Gasteiger partial charge in [-0.05, 0) is 96.6 Å². The van der Waals surface area contributed by atoms with Crippen LogP contribution in [0.4, 0.5) is 0 Å². The van der Waals surface area contributed by atoms with E-state index in [9.17, 15) is 4.79 Å². The SMILES string of the molecule is CC[Si](CC)(CC)OC[C@H](C)[C@@H](OCc1ccc(OC)cc1)[C@@H](C)[C@@H](C[C@H](C[C@@H](C=O)O[Si](C)(C)C(C)(C)C)O[Si](C)(C)C(C)(C)C)O[Si](C)(C)C(C)(C)C. The molecule has 0 aliphatic carbocycles. The van der Waals surface area contributed by atoms with Crippen LogP contribution in [-0.2, 0) is 33.8 Å². The molecule has 0 bridgehead atoms. The Kier molecular flexibility index (Phi) is 20.0. The van der Waals surface area contributed by atoms with Crippen LogP contribution in [-0.4, -0.2) is 77.7 Å². The van der Waals surface area contributed by atoms with Crippen molar-refractivity contribution in [3.63, 3.8) is 0 Å². The first kappa shape index (κ1) is 52.4. The fraction of sp³-hybridized carbons (Fsp3) is 0.841. The Morgan fingerprint density at radius 1 is 0.673 bits per heavy atom. The van der Waals surface area contributed by atoms with Crippen LogP contribution in [0.2, 0.25) is 72.5 Å². The summed E-state index contributed by atoms with van der Waals surface area (Å²) >= 11 is 0. The molecule has 0 fully saturated rings. The smallest absolute Gasteiger partial charge is 0.193 e. The van der Waals surface area contributed by atoms with Crippen LogP contribution in [0.15, 0.2) is 24.3 Å². The average Bonchev–Trinajstić information content (AvgIpc) is 3.06. The monoisotopic (exact) mass is 841 g/mol. The third kappa shape index (κ3) is 15.5. The third-order valence-electron chi connectivity index (χ3n) is 13.8. The fourth-order valence-electron chi connectivity index (χ4n) is 6.34. The number of methoxy groups -OCH3 is 1. The van der Waals surface area contributed by atoms with E-state index >= 15 is 0 Å². The number of aldehydes is 1. The van der Waals surface area contributed by atoms with Crippen LogP contribution in [0, 0.1) is 11.8 Å². The van der Waals surface area contributed by atoms with E-state index in [1.807, 2.05) is 12.1 Å². The molecular weight excluding hydrogens is 753 g/mol. The highest BCUT2D eigenvalue weighted by Gasteiger charge is 2.46. The highest BCUT2D eigenvalue weighted by atomic mass is 28.4. The summed E-state index contributed by atoms with van der Waals surface area (Å²) < 4.78 is 41.1. The summed E-state index contributed by atoms with van der Waals surface area (Å²) in [5, 5.41) is -0.0268. The lowest BCUT2D eigenvalue weighted by molar-refractivity contribution is -0.116. The lowest BCUT2D eigenvalue weighted by Crippen LogP contribution is -2.52. The summed E-state index contributed by atoms with van der Waals surface area (Å²) in [5.74, 6) is 0.963. The Labute approximate surface area is 344 Å². The molecule has 0 saturated heterocycles. The molecule has 11 heteroatoms. The van der Waals surface area contributed by atoms with Crippen LogP contribution in [0.25, 0.3) is 0 Å². The van der Waals surface area contributed by atoms with Crippen LogP contribution in [0.5, 0.6) is 5.75 Å². The molecule has 322 valence electrons. The number of rotatable bonds is 24. The molecule has 7 nitrogen and oxygen atoms in total. The number of carbonyl (C=O) groups excluding carboxylic acids is 1. The van der Waals surface area contributed by atoms with Gasteiger partial charge in [-0.25, -0.2) is 0 Å². The van der Waals surface area contributed by atoms with Gasteiger partial charge in [0.15, 0.2) is 33.3 Å². The second-order valence-electron chi connectivity index (χ2n) is 21.0. The maximum absolute atomic E-state index is 12.9. The van der Waals surface area contributed by atoms with Crippen molar-refractivity contribution in [3.05, 3.63) is 29.8 Å². The van der Waals surface area contributed by atoms with E-state index in [1.54, 1.807) is 7.11 Å². The highest BCUT2D eigenvalue weighted by molar-refractivity contribution is 6.75. The topological polar surface area (TPSA) is 72.5 Å². The Balaban J connectivity index is 3.84. The summed E-state index contributed by atoms with van der Waals surface area (Å²) in [7, 11) is -6.91. The molecular formula is C44H88O7Si4. The van der Waals surface area contributed by atoms with E-state index in [0.29, 0.717) is 26.1 Å². The van der Waals surface area contributed by atoms with Crippen molar-refractivity contribution in [2.24, 2.45) is 11.8 Å². The van der Waals surface area contributed by atoms with Crippen LogP contribution in [0.3, 0.4) is 0 Å². The molecule has 1 rings (SSSR count). The number of hydrogen-bond donors (Lipinski definition) is 0. The minimum absolute atomic E-state index is 0.000284. The second-order valence-corrected chi connectivity index (χ2v) is 40.0. The number of carbonyl (C=O) groups is 1. The maximum Gasteiger partial charge on any atom is 0.193 e. The predicted molar refractivity (Wildman–Crippen MR) is 245 cm³/mol. The van der Waals surface area contributed by atoms with Gasteiger partial charge < -0.3 is 32.0 Å². The fourth-order valence-corrected chi connectivity index (χ4v) is 13.1. The van der Waals surface area contributed by atoms with E-state index in [1.165, 1.54) is 0 Å². The predicted octanol–water partition coefficient (Wildman–Crippen LogP) is 13.0. The van der Waals surface area contributed by atoms with E-state index < -0.39 is 39.4 Å². The second kappa shape index (κ2) is 21.1. The van der Waals surface area contributed by atoms with Gasteiger partial charge in [0.2, 0.25) is 0 Å². The van der Waals surface area contributed by atoms with E-state index in [-0.39, 0.29) is 45.3 Å². The van der Waals surface area contributed by atoms with Gasteiger partial charge in [-0.15, -0.1) is 0 Å². The summed E-state index contributed by atoms with van der Waals surface area (Å²) in [6.07, 6.45) is 1.06. The lowest BCUT2D eigenvalue weighted by Gasteiger charge is -2.46. The van der Waals surface area contributed by atoms with Gasteiger partial charge in [-0.3, -0.25) is 0 Å². The first-order chi connectivity index (χ1) is 24.9. The molecule has 0 aromatic heterocycles. The maximum atomic E-state index is 12.9. The first-order valence-corrected chi connectivity index (χ1v) is 32.6. The molecule has 0 amide bonds. The van der Waals surface area contributed by atoms with Crippen molar-refractivity contribution in [2.45, 2.75) is 213 Å². The van der Waals surface area contributed by atoms with E-state index in [4.69, 9.17) is 27.2 Å². The molecule has 0 N–H and O–H groups in total. The summed E-state index contributed by atoms with van der Waals surface area (Å²) in [4.78, 5) is 12.9. The van der Waals surface area contributed by atoms with E-state index in [0.717, 1.165) is 35.7 Å². The molecule has 1 aromatic carbocycles. The standard InChI is InChI=1S/C44H88O7Si4/c1-22-55(23-2,24-3)48-32-34(4)41(47-33-36-25-27-37(46-15)28-26-36)35(5)40(51-54(20,21)44(12,13)14)30-38(49-52(16,17)42(6,7)8)29-39(31-45)50-53(18,19)43(9,10)11/h25-28,31,34-35,38-41H,22-24,29-30,32-33H2,1-21H3/t34-,35-,38-,39-,40+,41+/m0/s1. The number of ether oxygens (including phenoxy) is 2. The zero-order valence-electron chi connectivity index (χ0n) is 39.7. The zero-order chi connectivity index (χ0) is 42.8. The first-order valence-electron chi connectivity index (χ1n) is 21.3. The molecule has 0 unspecified atom stereocenters. The zero-order valence-corrected chi connectivity index (χ0v) is 43.7. The Bertz CT molecular complexity index is 1250. The molecule has 0 spiro atoms. The molecule has 6 atom stereocenters. The van der Waals surface area contributed by atoms with Crippen molar-refractivity contribution in [1.29, 1.82) is 0 Å². The normalized spacial score (nSPS) is 17.3. The summed E-state index contributed by atoms with van der Waals surface area (Å²) in [5.41, 5.74) is 1.10. The van der Waals surface area contributed by atoms with Crippen molar-refractivity contribution < 1.29 is 32.0 Å². The van der Waals surface area contributed by atoms with Gasteiger partial charge in [0, 0.05) is 24.9 Å². The Morgan fingerprint density at radius 2 is 1.13 bits per heavy atom. The van der Waals surface area contributed by atoms with Gasteiger partial charge in [-0.2, -0.15) is 0 Å². The van der Waals surface area contributed by atoms with Gasteiger partial charge in [-0.1, -0.05) is 109 Å². The molecule has 0 radical (unpaired) electrons. The Hall–Kier alpha value is -0.642. The largest absolute Gasteiger partial charge is 0.497 e. The third-order valence-corrected chi connectivity index (χ3v) is 32.0. The van der Waals surface area contributed by atoms with E-state index in [2.05, 4.69) is 148 Å². The van der Waals surface area contributed by atoms with Crippen LogP contribution >= 0.6 is 0 Å². The van der Waals surface area contributed by atoms with Crippen LogP contribution < -0.4 is 4.74 Å². The van der Waals surface area contributed by atoms with Gasteiger partial charge >= 0.3 is 0 Å². The van der Waals surface area contributed by atoms with Gasteiger partial charge in [0.05, 0.1) is 32.0 Å². The van der Waals surface area contributed by atoms with Crippen molar-refractivity contribution in [1.82, 2.24) is 0 Å². The Morgan fingerprint density at radius 3 is 1.55 bits per heavy atom. The van der Waals surface area contributed by atoms with Crippen molar-refractivity contribution in [3.8, 4) is 5.75 Å². The van der Waals surface area contributed by atoms with Gasteiger partial charge in [0.1, 0.15) is 18.1 Å². The van der Waals surface area contributed by atoms with Crippen molar-refractivity contribution in [2.75, 3.05) is 13.7 Å². The molecule has 55 heavy (non-hydrogen) atoms. The van der Waals surface area contributed by atoms with Gasteiger partial charge in [0.25, 0.3) is 0 Å². The van der Waals surface area contributed by atoms with Crippen molar-refractivity contribution >= 4 is 39.6 Å². The minimum atomic E-state index is -2.28. The number of benzene rings is 1. The molecule has 0 aliphatic rings. The summed E-state index contributed by atoms with van der Waals surface area (Å²) in [6, 6.07) is 11.5. The molecule has 1 aromatic rings. The highest BCUT2D eigenvalue weighted by Crippen LogP contribution is 2.43. The number of hydrogen-bond acceptors (Lipinski definition) is 7. The quantitative estimate of drug-likeness (QED) is 0.0758. The molecule has 0 aliphatic heterocycles. The lowest BCUT2D eigenvalue weighted by atomic mass is 9.86. The average molecular weight is 842 g/mol. The molecule has 0 saturated carbocycles. The molecule has 0 heterocycles. The summed E-state index contributed by atoms with van der Waals surface area (Å²) in [6.45, 7) is 46.8. The minimum Gasteiger partial charge on any atom is -0.497 e. The van der Waals surface area contributed by atoms with Crippen LogP contribution in [0.1, 0.15) is 115 Å².